The molecule has 28 heavy (non-hydrogen) atoms. The van der Waals surface area contributed by atoms with E-state index in [2.05, 4.69) is 19.0 Å². The Labute approximate surface area is 164 Å². The van der Waals surface area contributed by atoms with Crippen LogP contribution in [-0.4, -0.2) is 21.5 Å². The van der Waals surface area contributed by atoms with Crippen LogP contribution >= 0.6 is 0 Å². The van der Waals surface area contributed by atoms with Gasteiger partial charge >= 0.3 is 5.97 Å². The fourth-order valence-corrected chi connectivity index (χ4v) is 3.76. The first kappa shape index (κ1) is 18.2. The second-order valence-corrected chi connectivity index (χ2v) is 7.95. The normalized spacial score (nSPS) is 16.6. The van der Waals surface area contributed by atoms with Crippen LogP contribution in [0.25, 0.3) is 5.69 Å². The van der Waals surface area contributed by atoms with Crippen LogP contribution in [0.4, 0.5) is 0 Å². The summed E-state index contributed by atoms with van der Waals surface area (Å²) in [6.07, 6.45) is 1.60. The summed E-state index contributed by atoms with van der Waals surface area (Å²) in [5.41, 5.74) is 5.26. The van der Waals surface area contributed by atoms with E-state index in [1.54, 1.807) is 24.3 Å². The average molecular weight is 373 g/mol. The van der Waals surface area contributed by atoms with Gasteiger partial charge < -0.3 is 4.84 Å². The van der Waals surface area contributed by atoms with Gasteiger partial charge in [0.25, 0.3) is 0 Å². The number of carbonyl (C=O) groups excluding carboxylic acids is 1. The van der Waals surface area contributed by atoms with Crippen molar-refractivity contribution in [3.8, 4) is 5.69 Å². The van der Waals surface area contributed by atoms with E-state index < -0.39 is 5.97 Å². The fraction of sp³-hybridized carbons (Fsp3) is 0.261. The number of benzene rings is 2. The number of fused-ring (bicyclic) bond motifs is 1. The van der Waals surface area contributed by atoms with Gasteiger partial charge in [0, 0.05) is 5.56 Å². The summed E-state index contributed by atoms with van der Waals surface area (Å²) in [6, 6.07) is 19.0. The van der Waals surface area contributed by atoms with Crippen molar-refractivity contribution in [1.82, 2.24) is 9.78 Å². The van der Waals surface area contributed by atoms with Gasteiger partial charge in [-0.05, 0) is 49.4 Å². The second-order valence-electron chi connectivity index (χ2n) is 7.95. The molecule has 1 heterocycles. The lowest BCUT2D eigenvalue weighted by Gasteiger charge is -2.30. The number of hydrogen-bond acceptors (Lipinski definition) is 4. The monoisotopic (exact) mass is 373 g/mol. The van der Waals surface area contributed by atoms with E-state index in [0.717, 1.165) is 41.2 Å². The molecule has 0 unspecified atom stereocenters. The minimum Gasteiger partial charge on any atom is -0.313 e. The van der Waals surface area contributed by atoms with Crippen molar-refractivity contribution in [3.05, 3.63) is 83.2 Å². The molecule has 1 aromatic heterocycles. The van der Waals surface area contributed by atoms with Crippen molar-refractivity contribution in [3.63, 3.8) is 0 Å². The summed E-state index contributed by atoms with van der Waals surface area (Å²) in [5, 5.41) is 9.04. The molecule has 1 aliphatic carbocycles. The van der Waals surface area contributed by atoms with Crippen LogP contribution in [0.2, 0.25) is 0 Å². The van der Waals surface area contributed by atoms with Crippen LogP contribution in [0, 0.1) is 12.3 Å². The SMILES string of the molecule is Cc1nn(-c2ccccc2)c2c1/C(=N\OC(=O)c1ccccc1)CC(C)(C)C2. The molecule has 5 heteroatoms. The highest BCUT2D eigenvalue weighted by Crippen LogP contribution is 2.37. The highest BCUT2D eigenvalue weighted by Gasteiger charge is 2.35. The van der Waals surface area contributed by atoms with Crippen molar-refractivity contribution in [2.45, 2.75) is 33.6 Å². The number of aryl methyl sites for hydroxylation is 1. The molecule has 0 fully saturated rings. The van der Waals surface area contributed by atoms with E-state index in [9.17, 15) is 4.79 Å². The molecule has 1 aliphatic rings. The topological polar surface area (TPSA) is 56.5 Å². The van der Waals surface area contributed by atoms with Gasteiger partial charge in [0.15, 0.2) is 0 Å². The first-order chi connectivity index (χ1) is 13.4. The van der Waals surface area contributed by atoms with Gasteiger partial charge in [0.1, 0.15) is 0 Å². The molecule has 2 aromatic carbocycles. The maximum Gasteiger partial charge on any atom is 0.365 e. The largest absolute Gasteiger partial charge is 0.365 e. The quantitative estimate of drug-likeness (QED) is 0.493. The Morgan fingerprint density at radius 2 is 1.68 bits per heavy atom. The number of nitrogens with zero attached hydrogens (tertiary/aromatic N) is 3. The van der Waals surface area contributed by atoms with Crippen molar-refractivity contribution < 1.29 is 9.63 Å². The Morgan fingerprint density at radius 3 is 2.36 bits per heavy atom. The van der Waals surface area contributed by atoms with E-state index in [1.807, 2.05) is 48.0 Å². The molecule has 0 bridgehead atoms. The van der Waals surface area contributed by atoms with Gasteiger partial charge in [-0.3, -0.25) is 0 Å². The summed E-state index contributed by atoms with van der Waals surface area (Å²) in [5.74, 6) is -0.453. The smallest absolute Gasteiger partial charge is 0.313 e. The molecule has 0 atom stereocenters. The maximum atomic E-state index is 12.3. The van der Waals surface area contributed by atoms with Crippen molar-refractivity contribution in [2.75, 3.05) is 0 Å². The first-order valence-corrected chi connectivity index (χ1v) is 9.42. The highest BCUT2D eigenvalue weighted by molar-refractivity contribution is 6.04. The van der Waals surface area contributed by atoms with Crippen molar-refractivity contribution in [1.29, 1.82) is 0 Å². The highest BCUT2D eigenvalue weighted by atomic mass is 16.7. The zero-order valence-electron chi connectivity index (χ0n) is 16.3. The molecule has 0 spiro atoms. The summed E-state index contributed by atoms with van der Waals surface area (Å²) < 4.78 is 1.99. The molecular weight excluding hydrogens is 350 g/mol. The van der Waals surface area contributed by atoms with Crippen LogP contribution in [0.5, 0.6) is 0 Å². The molecular formula is C23H23N3O2. The third-order valence-corrected chi connectivity index (χ3v) is 4.99. The summed E-state index contributed by atoms with van der Waals surface area (Å²) in [6.45, 7) is 6.37. The Bertz CT molecular complexity index is 1030. The van der Waals surface area contributed by atoms with Gasteiger partial charge in [0.2, 0.25) is 0 Å². The van der Waals surface area contributed by atoms with Gasteiger partial charge in [-0.15, -0.1) is 0 Å². The molecule has 0 radical (unpaired) electrons. The Kier molecular flexibility index (Phi) is 4.59. The van der Waals surface area contributed by atoms with Gasteiger partial charge in [-0.1, -0.05) is 55.4 Å². The van der Waals surface area contributed by atoms with Crippen LogP contribution in [0.3, 0.4) is 0 Å². The molecule has 0 saturated heterocycles. The number of carbonyl (C=O) groups is 1. The van der Waals surface area contributed by atoms with E-state index in [4.69, 9.17) is 9.94 Å². The predicted octanol–water partition coefficient (Wildman–Crippen LogP) is 4.71. The minimum absolute atomic E-state index is 0.00993. The molecule has 4 rings (SSSR count). The van der Waals surface area contributed by atoms with Crippen molar-refractivity contribution in [2.24, 2.45) is 10.6 Å². The number of hydrogen-bond donors (Lipinski definition) is 0. The van der Waals surface area contributed by atoms with Crippen LogP contribution in [-0.2, 0) is 11.3 Å². The predicted molar refractivity (Wildman–Crippen MR) is 109 cm³/mol. The first-order valence-electron chi connectivity index (χ1n) is 9.42. The second kappa shape index (κ2) is 7.08. The van der Waals surface area contributed by atoms with Gasteiger partial charge in [-0.2, -0.15) is 5.10 Å². The standard InChI is InChI=1S/C23H23N3O2/c1-16-21-19(25-28-22(27)17-10-6-4-7-11-17)14-23(2,3)15-20(21)26(24-16)18-12-8-5-9-13-18/h4-13H,14-15H2,1-3H3/b25-19-. The molecule has 3 aromatic rings. The molecule has 0 aliphatic heterocycles. The van der Waals surface area contributed by atoms with Gasteiger partial charge in [0.05, 0.1) is 28.4 Å². The number of aromatic nitrogens is 2. The lowest BCUT2D eigenvalue weighted by molar-refractivity contribution is 0.0514. The molecule has 142 valence electrons. The number of para-hydroxylation sites is 1. The Hall–Kier alpha value is -3.21. The summed E-state index contributed by atoms with van der Waals surface area (Å²) in [4.78, 5) is 17.6. The lowest BCUT2D eigenvalue weighted by Crippen LogP contribution is -2.29. The van der Waals surface area contributed by atoms with E-state index >= 15 is 0 Å². The number of oxime groups is 1. The zero-order valence-corrected chi connectivity index (χ0v) is 16.3. The average Bonchev–Trinajstić information content (AvgIpc) is 3.02. The third-order valence-electron chi connectivity index (χ3n) is 4.99. The van der Waals surface area contributed by atoms with Crippen molar-refractivity contribution >= 4 is 11.7 Å². The van der Waals surface area contributed by atoms with Crippen LogP contribution in [0.15, 0.2) is 65.8 Å². The Balaban J connectivity index is 1.73. The lowest BCUT2D eigenvalue weighted by atomic mass is 9.75. The Morgan fingerprint density at radius 1 is 1.04 bits per heavy atom. The minimum atomic E-state index is -0.453. The maximum absolute atomic E-state index is 12.3. The summed E-state index contributed by atoms with van der Waals surface area (Å²) in [7, 11) is 0. The van der Waals surface area contributed by atoms with Gasteiger partial charge in [-0.25, -0.2) is 9.48 Å². The molecule has 0 saturated carbocycles. The molecule has 0 amide bonds. The third kappa shape index (κ3) is 3.48. The van der Waals surface area contributed by atoms with Crippen LogP contribution < -0.4 is 0 Å². The van der Waals surface area contributed by atoms with E-state index in [1.165, 1.54) is 0 Å². The fourth-order valence-electron chi connectivity index (χ4n) is 3.76. The molecule has 0 N–H and O–H groups in total. The zero-order chi connectivity index (χ0) is 19.7. The van der Waals surface area contributed by atoms with E-state index in [0.29, 0.717) is 5.56 Å². The number of rotatable bonds is 3. The molecule has 5 nitrogen and oxygen atoms in total. The van der Waals surface area contributed by atoms with E-state index in [-0.39, 0.29) is 5.41 Å². The summed E-state index contributed by atoms with van der Waals surface area (Å²) >= 11 is 0. The van der Waals surface area contributed by atoms with Crippen LogP contribution in [0.1, 0.15) is 47.6 Å².